The van der Waals surface area contributed by atoms with Crippen molar-refractivity contribution in [3.05, 3.63) is 70.9 Å². The maximum Gasteiger partial charge on any atom is 0.266 e. The Morgan fingerprint density at radius 2 is 1.97 bits per heavy atom. The quantitative estimate of drug-likeness (QED) is 0.755. The average molecular weight is 443 g/mol. The smallest absolute Gasteiger partial charge is 0.266 e. The molecule has 1 aromatic carbocycles. The molecule has 4 rings (SSSR count). The largest absolute Gasteiger partial charge is 0.345 e. The minimum atomic E-state index is -2.94. The van der Waals surface area contributed by atoms with Gasteiger partial charge in [0.05, 0.1) is 35.5 Å². The van der Waals surface area contributed by atoms with Crippen LogP contribution in [0.15, 0.2) is 53.4 Å². The molecule has 0 spiro atoms. The van der Waals surface area contributed by atoms with Crippen LogP contribution in [0.3, 0.4) is 0 Å². The molecule has 1 amide bonds. The van der Waals surface area contributed by atoms with E-state index in [2.05, 4.69) is 15.4 Å². The Bertz CT molecular complexity index is 1160. The average Bonchev–Trinajstić information content (AvgIpc) is 3.30. The fourth-order valence-electron chi connectivity index (χ4n) is 3.87. The summed E-state index contributed by atoms with van der Waals surface area (Å²) in [6.45, 7) is 6.11. The fraction of sp³-hybridized carbons (Fsp3) is 0.348. The van der Waals surface area contributed by atoms with Crippen molar-refractivity contribution in [2.24, 2.45) is 12.0 Å². The van der Waals surface area contributed by atoms with Gasteiger partial charge in [0.25, 0.3) is 12.3 Å². The normalized spacial score (nSPS) is 18.1. The molecule has 3 heterocycles. The molecule has 0 bridgehead atoms. The van der Waals surface area contributed by atoms with E-state index in [9.17, 15) is 18.0 Å². The number of amides is 1. The minimum absolute atomic E-state index is 0.00105. The van der Waals surface area contributed by atoms with Crippen molar-refractivity contribution in [1.82, 2.24) is 20.0 Å². The molecule has 2 aliphatic rings. The second-order valence-corrected chi connectivity index (χ2v) is 8.61. The Morgan fingerprint density at radius 3 is 2.62 bits per heavy atom. The molecule has 0 unspecified atom stereocenters. The summed E-state index contributed by atoms with van der Waals surface area (Å²) >= 11 is 0. The maximum absolute atomic E-state index is 14.6. The number of fused-ring (bicyclic) bond motifs is 1. The molecular formula is C23H24F3N5O. The Hall–Kier alpha value is -3.36. The van der Waals surface area contributed by atoms with Crippen molar-refractivity contribution in [1.29, 1.82) is 0 Å². The molecule has 1 aromatic heterocycles. The molecule has 1 N–H and O–H groups in total. The van der Waals surface area contributed by atoms with Crippen LogP contribution in [0.5, 0.6) is 0 Å². The highest BCUT2D eigenvalue weighted by Gasteiger charge is 2.39. The van der Waals surface area contributed by atoms with Gasteiger partial charge < -0.3 is 10.2 Å². The van der Waals surface area contributed by atoms with Crippen molar-refractivity contribution in [2.45, 2.75) is 38.8 Å². The zero-order valence-corrected chi connectivity index (χ0v) is 18.2. The number of halogens is 3. The highest BCUT2D eigenvalue weighted by Crippen LogP contribution is 2.34. The van der Waals surface area contributed by atoms with Gasteiger partial charge in [0, 0.05) is 36.1 Å². The predicted molar refractivity (Wildman–Crippen MR) is 115 cm³/mol. The van der Waals surface area contributed by atoms with Crippen LogP contribution < -0.4 is 5.32 Å². The number of aromatic nitrogens is 2. The number of carbonyl (C=O) groups excluding carboxylic acids is 1. The summed E-state index contributed by atoms with van der Waals surface area (Å²) in [4.78, 5) is 19.7. The van der Waals surface area contributed by atoms with E-state index in [1.165, 1.54) is 12.1 Å². The molecule has 9 heteroatoms. The first-order valence-electron chi connectivity index (χ1n) is 10.2. The third-order valence-electron chi connectivity index (χ3n) is 5.70. The van der Waals surface area contributed by atoms with Crippen molar-refractivity contribution < 1.29 is 18.0 Å². The number of carbonyl (C=O) groups is 1. The van der Waals surface area contributed by atoms with E-state index in [0.29, 0.717) is 18.0 Å². The molecule has 0 radical (unpaired) electrons. The monoisotopic (exact) mass is 443 g/mol. The highest BCUT2D eigenvalue weighted by molar-refractivity contribution is 6.24. The van der Waals surface area contributed by atoms with Crippen molar-refractivity contribution >= 4 is 17.3 Å². The number of aryl methyl sites for hydroxylation is 1. The summed E-state index contributed by atoms with van der Waals surface area (Å²) < 4.78 is 42.4. The summed E-state index contributed by atoms with van der Waals surface area (Å²) in [5, 5.41) is 6.94. The van der Waals surface area contributed by atoms with Crippen LogP contribution in [0.2, 0.25) is 0 Å². The van der Waals surface area contributed by atoms with Crippen LogP contribution in [0.25, 0.3) is 5.57 Å². The fourth-order valence-corrected chi connectivity index (χ4v) is 3.87. The summed E-state index contributed by atoms with van der Waals surface area (Å²) in [5.41, 5.74) is 0.941. The van der Waals surface area contributed by atoms with Crippen LogP contribution in [-0.4, -0.2) is 38.5 Å². The summed E-state index contributed by atoms with van der Waals surface area (Å²) in [6.07, 6.45) is 4.28. The Kier molecular flexibility index (Phi) is 5.44. The van der Waals surface area contributed by atoms with E-state index >= 15 is 0 Å². The van der Waals surface area contributed by atoms with Crippen molar-refractivity contribution in [3.8, 4) is 0 Å². The number of nitrogens with one attached hydrogen (secondary N) is 1. The first-order valence-corrected chi connectivity index (χ1v) is 10.2. The van der Waals surface area contributed by atoms with E-state index in [-0.39, 0.29) is 11.1 Å². The lowest BCUT2D eigenvalue weighted by Crippen LogP contribution is -2.45. The molecule has 32 heavy (non-hydrogen) atoms. The number of hydrogen-bond donors (Lipinski definition) is 1. The Labute approximate surface area is 184 Å². The van der Waals surface area contributed by atoms with E-state index in [4.69, 9.17) is 0 Å². The standard InChI is InChI=1S/C23H24F3N5O/c1-13(16-6-5-7-17(19(16)24)20(25)26)29-22(32)18-8-14(15-9-28-30(4)10-15)11-31-21(18)27-12-23(31,2)3/h5-11,13,20H,12H2,1-4H3,(H,29,32)/t13-/m1/s1. The number of allylic oxidation sites excluding steroid dienone is 2. The summed E-state index contributed by atoms with van der Waals surface area (Å²) in [7, 11) is 1.81. The first kappa shape index (κ1) is 21.9. The SMILES string of the molecule is C[C@@H](NC(=O)C1=CC(c2cnn(C)c2)=CN2C1=NCC2(C)C)c1cccc(C(F)F)c1F. The van der Waals surface area contributed by atoms with Crippen molar-refractivity contribution in [2.75, 3.05) is 6.54 Å². The third-order valence-corrected chi connectivity index (χ3v) is 5.70. The molecular weight excluding hydrogens is 419 g/mol. The van der Waals surface area contributed by atoms with Gasteiger partial charge in [0.2, 0.25) is 0 Å². The zero-order chi connectivity index (χ0) is 23.2. The Morgan fingerprint density at radius 1 is 1.25 bits per heavy atom. The lowest BCUT2D eigenvalue weighted by molar-refractivity contribution is -0.117. The van der Waals surface area contributed by atoms with E-state index < -0.39 is 29.8 Å². The molecule has 0 fully saturated rings. The van der Waals surface area contributed by atoms with E-state index in [1.807, 2.05) is 31.1 Å². The number of nitrogens with zero attached hydrogens (tertiary/aromatic N) is 4. The molecule has 0 saturated carbocycles. The van der Waals surface area contributed by atoms with Gasteiger partial charge in [-0.25, -0.2) is 13.2 Å². The highest BCUT2D eigenvalue weighted by atomic mass is 19.3. The molecule has 2 aromatic rings. The van der Waals surface area contributed by atoms with Gasteiger partial charge in [-0.05, 0) is 26.8 Å². The van der Waals surface area contributed by atoms with Crippen molar-refractivity contribution in [3.63, 3.8) is 0 Å². The van der Waals surface area contributed by atoms with Gasteiger partial charge in [-0.1, -0.05) is 18.2 Å². The summed E-state index contributed by atoms with van der Waals surface area (Å²) in [5.74, 6) is -0.950. The molecule has 168 valence electrons. The van der Waals surface area contributed by atoms with Gasteiger partial charge in [0.1, 0.15) is 11.7 Å². The van der Waals surface area contributed by atoms with Crippen LogP contribution in [0, 0.1) is 5.82 Å². The lowest BCUT2D eigenvalue weighted by atomic mass is 9.97. The number of hydrogen-bond acceptors (Lipinski definition) is 4. The lowest BCUT2D eigenvalue weighted by Gasteiger charge is -2.34. The topological polar surface area (TPSA) is 62.5 Å². The van der Waals surface area contributed by atoms with Crippen LogP contribution in [0.4, 0.5) is 13.2 Å². The van der Waals surface area contributed by atoms with Gasteiger partial charge in [-0.3, -0.25) is 14.5 Å². The molecule has 6 nitrogen and oxygen atoms in total. The predicted octanol–water partition coefficient (Wildman–Crippen LogP) is 4.15. The van der Waals surface area contributed by atoms with Crippen LogP contribution in [-0.2, 0) is 11.8 Å². The van der Waals surface area contributed by atoms with E-state index in [0.717, 1.165) is 17.2 Å². The van der Waals surface area contributed by atoms with Gasteiger partial charge in [-0.2, -0.15) is 5.10 Å². The number of amidine groups is 1. The number of benzene rings is 1. The maximum atomic E-state index is 14.6. The number of rotatable bonds is 5. The number of alkyl halides is 2. The van der Waals surface area contributed by atoms with Gasteiger partial charge in [0.15, 0.2) is 0 Å². The minimum Gasteiger partial charge on any atom is -0.345 e. The Balaban J connectivity index is 1.66. The molecule has 2 aliphatic heterocycles. The van der Waals surface area contributed by atoms with Crippen LogP contribution >= 0.6 is 0 Å². The molecule has 0 aliphatic carbocycles. The van der Waals surface area contributed by atoms with Gasteiger partial charge in [-0.15, -0.1) is 0 Å². The second kappa shape index (κ2) is 7.96. The molecule has 0 saturated heterocycles. The van der Waals surface area contributed by atoms with Crippen LogP contribution in [0.1, 0.15) is 49.9 Å². The zero-order valence-electron chi connectivity index (χ0n) is 18.2. The first-order chi connectivity index (χ1) is 15.1. The van der Waals surface area contributed by atoms with Gasteiger partial charge >= 0.3 is 0 Å². The number of aliphatic imine (C=N–C) groups is 1. The third kappa shape index (κ3) is 3.83. The molecule has 1 atom stereocenters. The van der Waals surface area contributed by atoms with E-state index in [1.54, 1.807) is 30.9 Å². The second-order valence-electron chi connectivity index (χ2n) is 8.61. The summed E-state index contributed by atoms with van der Waals surface area (Å²) in [6, 6.07) is 2.97.